The largest absolute Gasteiger partial charge is 0.272 e. The number of benzene rings is 3. The molecule has 2 amide bonds. The van der Waals surface area contributed by atoms with Crippen molar-refractivity contribution in [1.29, 1.82) is 0 Å². The number of imide groups is 1. The van der Waals surface area contributed by atoms with Gasteiger partial charge in [0.05, 0.1) is 18.1 Å². The van der Waals surface area contributed by atoms with Gasteiger partial charge in [-0.05, 0) is 58.7 Å². The Bertz CT molecular complexity index is 1200. The topological polar surface area (TPSA) is 49.7 Å². The molecular weight excluding hydrogens is 372 g/mol. The van der Waals surface area contributed by atoms with Gasteiger partial charge in [0, 0.05) is 5.56 Å². The number of hydrazone groups is 1. The predicted octanol–water partition coefficient (Wildman–Crippen LogP) is 4.83. The second-order valence-corrected chi connectivity index (χ2v) is 8.70. The maximum Gasteiger partial charge on any atom is 0.254 e. The summed E-state index contributed by atoms with van der Waals surface area (Å²) in [6.07, 6.45) is 7.97. The molecular formula is C26H22N2O2. The Balaban J connectivity index is 1.47. The highest BCUT2D eigenvalue weighted by Gasteiger charge is 2.56. The van der Waals surface area contributed by atoms with Gasteiger partial charge in [-0.3, -0.25) is 9.59 Å². The molecule has 0 spiro atoms. The number of hydrogen-bond acceptors (Lipinski definition) is 3. The summed E-state index contributed by atoms with van der Waals surface area (Å²) in [5.74, 6) is -0.382. The zero-order chi connectivity index (χ0) is 20.4. The molecule has 1 aliphatic heterocycles. The van der Waals surface area contributed by atoms with Crippen LogP contribution in [0.5, 0.6) is 0 Å². The molecule has 2 fully saturated rings. The van der Waals surface area contributed by atoms with E-state index < -0.39 is 0 Å². The summed E-state index contributed by atoms with van der Waals surface area (Å²) < 4.78 is 0. The Morgan fingerprint density at radius 3 is 1.73 bits per heavy atom. The smallest absolute Gasteiger partial charge is 0.254 e. The summed E-state index contributed by atoms with van der Waals surface area (Å²) in [6.45, 7) is 2.13. The summed E-state index contributed by atoms with van der Waals surface area (Å²) in [5.41, 5.74) is 2.17. The Kier molecular flexibility index (Phi) is 3.73. The molecule has 2 bridgehead atoms. The van der Waals surface area contributed by atoms with Crippen molar-refractivity contribution in [2.75, 3.05) is 0 Å². The first-order valence-electron chi connectivity index (χ1n) is 10.7. The maximum atomic E-state index is 13.1. The molecule has 148 valence electrons. The number of carbonyl (C=O) groups is 2. The lowest BCUT2D eigenvalue weighted by atomic mass is 9.63. The van der Waals surface area contributed by atoms with Crippen LogP contribution < -0.4 is 0 Å². The van der Waals surface area contributed by atoms with Crippen LogP contribution in [-0.4, -0.2) is 23.0 Å². The van der Waals surface area contributed by atoms with E-state index in [1.54, 1.807) is 6.21 Å². The lowest BCUT2D eigenvalue weighted by Gasteiger charge is -2.37. The fourth-order valence-electron chi connectivity index (χ4n) is 5.81. The van der Waals surface area contributed by atoms with Gasteiger partial charge in [-0.15, -0.1) is 0 Å². The molecule has 4 heteroatoms. The molecule has 30 heavy (non-hydrogen) atoms. The van der Waals surface area contributed by atoms with E-state index in [-0.39, 0.29) is 35.5 Å². The van der Waals surface area contributed by atoms with Gasteiger partial charge >= 0.3 is 0 Å². The van der Waals surface area contributed by atoms with Crippen molar-refractivity contribution < 1.29 is 9.59 Å². The fraction of sp³-hybridized carbons (Fsp3) is 0.269. The Hall–Kier alpha value is -3.27. The summed E-state index contributed by atoms with van der Waals surface area (Å²) in [5, 5.41) is 10.1. The van der Waals surface area contributed by atoms with Gasteiger partial charge < -0.3 is 0 Å². The van der Waals surface area contributed by atoms with E-state index in [1.807, 2.05) is 24.3 Å². The zero-order valence-corrected chi connectivity index (χ0v) is 16.8. The number of nitrogens with zero attached hydrogens (tertiary/aromatic N) is 2. The molecule has 0 unspecified atom stereocenters. The van der Waals surface area contributed by atoms with E-state index in [2.05, 4.69) is 48.4 Å². The predicted molar refractivity (Wildman–Crippen MR) is 118 cm³/mol. The van der Waals surface area contributed by atoms with Gasteiger partial charge in [0.15, 0.2) is 0 Å². The van der Waals surface area contributed by atoms with Crippen molar-refractivity contribution in [2.24, 2.45) is 28.8 Å². The molecule has 4 nitrogen and oxygen atoms in total. The zero-order valence-electron chi connectivity index (χ0n) is 16.8. The third-order valence-electron chi connectivity index (χ3n) is 7.28. The first-order valence-corrected chi connectivity index (χ1v) is 10.7. The summed E-state index contributed by atoms with van der Waals surface area (Å²) in [4.78, 5) is 26.2. The van der Waals surface area contributed by atoms with E-state index in [4.69, 9.17) is 0 Å². The highest BCUT2D eigenvalue weighted by Crippen LogP contribution is 2.49. The van der Waals surface area contributed by atoms with Crippen LogP contribution in [0.15, 0.2) is 65.8 Å². The van der Waals surface area contributed by atoms with Crippen molar-refractivity contribution in [1.82, 2.24) is 5.01 Å². The first-order chi connectivity index (χ1) is 14.6. The number of aryl methyl sites for hydroxylation is 1. The first kappa shape index (κ1) is 17.6. The van der Waals surface area contributed by atoms with Crippen LogP contribution in [0.1, 0.15) is 24.0 Å². The molecule has 4 atom stereocenters. The molecule has 1 heterocycles. The number of rotatable bonds is 2. The van der Waals surface area contributed by atoms with Crippen LogP contribution in [0.25, 0.3) is 21.5 Å². The van der Waals surface area contributed by atoms with Crippen molar-refractivity contribution in [3.05, 3.63) is 71.8 Å². The van der Waals surface area contributed by atoms with E-state index >= 15 is 0 Å². The average Bonchev–Trinajstić information content (AvgIpc) is 3.07. The second kappa shape index (κ2) is 6.36. The molecule has 0 aromatic heterocycles. The van der Waals surface area contributed by atoms with E-state index in [9.17, 15) is 9.59 Å². The highest BCUT2D eigenvalue weighted by atomic mass is 16.2. The van der Waals surface area contributed by atoms with Crippen molar-refractivity contribution >= 4 is 39.6 Å². The maximum absolute atomic E-state index is 13.1. The Morgan fingerprint density at radius 2 is 1.27 bits per heavy atom. The summed E-state index contributed by atoms with van der Waals surface area (Å²) >= 11 is 0. The van der Waals surface area contributed by atoms with Crippen molar-refractivity contribution in [3.63, 3.8) is 0 Å². The Labute approximate surface area is 174 Å². The van der Waals surface area contributed by atoms with Crippen LogP contribution in [0, 0.1) is 30.6 Å². The lowest BCUT2D eigenvalue weighted by molar-refractivity contribution is -0.140. The lowest BCUT2D eigenvalue weighted by Crippen LogP contribution is -2.38. The third kappa shape index (κ3) is 2.30. The molecule has 1 saturated carbocycles. The standard InChI is InChI=1S/C26H22N2O2/c1-15-18-6-2-4-8-20(18)22(21-9-5-3-7-19(15)21)14-27-28-25(29)23-16-10-11-17(13-12-16)24(23)26(28)30/h2-11,14,16-17,23-24H,12-13H2,1H3/b27-14-/t16-,17-,23-,24-/m0/s1. The van der Waals surface area contributed by atoms with E-state index in [1.165, 1.54) is 5.56 Å². The molecule has 4 aliphatic rings. The SMILES string of the molecule is Cc1c2ccccc2c(/C=N\N2C(=O)[C@@H]3[C@@H](C2=O)[C@H]2C=C[C@H]3CC2)c2ccccc12. The van der Waals surface area contributed by atoms with Crippen LogP contribution >= 0.6 is 0 Å². The van der Waals surface area contributed by atoms with Crippen LogP contribution in [-0.2, 0) is 9.59 Å². The molecule has 7 rings (SSSR count). The highest BCUT2D eigenvalue weighted by molar-refractivity contribution is 6.16. The van der Waals surface area contributed by atoms with E-state index in [0.29, 0.717) is 0 Å². The minimum Gasteiger partial charge on any atom is -0.272 e. The number of allylic oxidation sites excluding steroid dienone is 2. The molecule has 3 aromatic rings. The van der Waals surface area contributed by atoms with Gasteiger partial charge in [-0.1, -0.05) is 60.7 Å². The molecule has 3 aliphatic carbocycles. The van der Waals surface area contributed by atoms with Crippen LogP contribution in [0.2, 0.25) is 0 Å². The van der Waals surface area contributed by atoms with Crippen molar-refractivity contribution in [3.8, 4) is 0 Å². The number of fused-ring (bicyclic) bond motifs is 3. The minimum atomic E-state index is -0.232. The van der Waals surface area contributed by atoms with Gasteiger partial charge in [0.1, 0.15) is 0 Å². The normalized spacial score (nSPS) is 27.7. The van der Waals surface area contributed by atoms with Gasteiger partial charge in [-0.2, -0.15) is 10.1 Å². The number of amides is 2. The van der Waals surface area contributed by atoms with Gasteiger partial charge in [0.2, 0.25) is 0 Å². The summed E-state index contributed by atoms with van der Waals surface area (Å²) in [6, 6.07) is 16.5. The van der Waals surface area contributed by atoms with Crippen molar-refractivity contribution in [2.45, 2.75) is 19.8 Å². The minimum absolute atomic E-state index is 0.138. The molecule has 3 aromatic carbocycles. The van der Waals surface area contributed by atoms with Crippen LogP contribution in [0.4, 0.5) is 0 Å². The Morgan fingerprint density at radius 1 is 0.800 bits per heavy atom. The van der Waals surface area contributed by atoms with E-state index in [0.717, 1.165) is 45.0 Å². The third-order valence-corrected chi connectivity index (χ3v) is 7.28. The molecule has 1 saturated heterocycles. The van der Waals surface area contributed by atoms with Gasteiger partial charge in [-0.25, -0.2) is 0 Å². The summed E-state index contributed by atoms with van der Waals surface area (Å²) in [7, 11) is 0. The average molecular weight is 394 g/mol. The number of hydrogen-bond donors (Lipinski definition) is 0. The van der Waals surface area contributed by atoms with Crippen LogP contribution in [0.3, 0.4) is 0 Å². The fourth-order valence-corrected chi connectivity index (χ4v) is 5.81. The monoisotopic (exact) mass is 394 g/mol. The molecule has 0 radical (unpaired) electrons. The quantitative estimate of drug-likeness (QED) is 0.270. The second-order valence-electron chi connectivity index (χ2n) is 8.70. The van der Waals surface area contributed by atoms with Gasteiger partial charge in [0.25, 0.3) is 11.8 Å². The number of carbonyl (C=O) groups excluding carboxylic acids is 2. The molecule has 0 N–H and O–H groups in total.